The second kappa shape index (κ2) is 8.03. The molecule has 0 unspecified atom stereocenters. The van der Waals surface area contributed by atoms with E-state index in [0.29, 0.717) is 6.07 Å². The molecule has 0 heterocycles. The predicted octanol–water partition coefficient (Wildman–Crippen LogP) is 3.71. The molecular formula is C17H21F4NO4. The summed E-state index contributed by atoms with van der Waals surface area (Å²) in [5.74, 6) is -4.12. The highest BCUT2D eigenvalue weighted by Crippen LogP contribution is 2.29. The van der Waals surface area contributed by atoms with Crippen molar-refractivity contribution in [3.8, 4) is 0 Å². The zero-order valence-electron chi connectivity index (χ0n) is 15.1. The fourth-order valence-corrected chi connectivity index (χ4v) is 2.01. The van der Waals surface area contributed by atoms with E-state index < -0.39 is 47.8 Å². The van der Waals surface area contributed by atoms with Crippen molar-refractivity contribution < 1.29 is 36.6 Å². The summed E-state index contributed by atoms with van der Waals surface area (Å²) in [6.45, 7) is 5.61. The summed E-state index contributed by atoms with van der Waals surface area (Å²) >= 11 is 0. The fourth-order valence-electron chi connectivity index (χ4n) is 2.01. The van der Waals surface area contributed by atoms with Gasteiger partial charge in [0, 0.05) is 7.11 Å². The van der Waals surface area contributed by atoms with Crippen molar-refractivity contribution in [2.45, 2.75) is 45.6 Å². The Labute approximate surface area is 148 Å². The number of anilines is 1. The monoisotopic (exact) mass is 379 g/mol. The minimum atomic E-state index is -5.22. The largest absolute Gasteiger partial charge is 0.471 e. The number of esters is 1. The number of hydrogen-bond donors (Lipinski definition) is 0. The molecule has 26 heavy (non-hydrogen) atoms. The molecule has 1 rings (SSSR count). The average Bonchev–Trinajstić information content (AvgIpc) is 2.48. The van der Waals surface area contributed by atoms with Crippen LogP contribution >= 0.6 is 0 Å². The Balaban J connectivity index is 3.46. The lowest BCUT2D eigenvalue weighted by Gasteiger charge is -2.28. The molecule has 0 spiro atoms. The van der Waals surface area contributed by atoms with Crippen LogP contribution in [-0.4, -0.2) is 43.4 Å². The number of hydrogen-bond acceptors (Lipinski definition) is 4. The van der Waals surface area contributed by atoms with Crippen LogP contribution in [0.4, 0.5) is 23.2 Å². The zero-order chi connectivity index (χ0) is 20.3. The van der Waals surface area contributed by atoms with Crippen LogP contribution < -0.4 is 4.90 Å². The van der Waals surface area contributed by atoms with Gasteiger partial charge >= 0.3 is 18.1 Å². The van der Waals surface area contributed by atoms with Crippen molar-refractivity contribution in [2.75, 3.05) is 18.6 Å². The van der Waals surface area contributed by atoms with Gasteiger partial charge in [-0.1, -0.05) is 0 Å². The van der Waals surface area contributed by atoms with E-state index in [-0.39, 0.29) is 10.5 Å². The second-order valence-corrected chi connectivity index (χ2v) is 6.62. The first-order valence-electron chi connectivity index (χ1n) is 7.70. The Morgan fingerprint density at radius 2 is 1.77 bits per heavy atom. The van der Waals surface area contributed by atoms with Gasteiger partial charge in [-0.25, -0.2) is 9.18 Å². The topological polar surface area (TPSA) is 55.8 Å². The van der Waals surface area contributed by atoms with Crippen LogP contribution in [0.25, 0.3) is 0 Å². The molecule has 1 atom stereocenters. The molecule has 0 bridgehead atoms. The summed E-state index contributed by atoms with van der Waals surface area (Å²) in [5.41, 5.74) is -1.82. The molecule has 0 aliphatic rings. The summed E-state index contributed by atoms with van der Waals surface area (Å²) in [6.07, 6.45) is -6.01. The van der Waals surface area contributed by atoms with E-state index in [1.54, 1.807) is 20.8 Å². The number of carbonyl (C=O) groups excluding carboxylic acids is 2. The number of methoxy groups -OCH3 is 1. The van der Waals surface area contributed by atoms with Crippen molar-refractivity contribution in [3.05, 3.63) is 29.6 Å². The molecule has 146 valence electrons. The third-order valence-electron chi connectivity index (χ3n) is 3.20. The number of alkyl halides is 3. The number of benzene rings is 1. The van der Waals surface area contributed by atoms with Gasteiger partial charge in [-0.15, -0.1) is 0 Å². The van der Waals surface area contributed by atoms with Crippen molar-refractivity contribution in [2.24, 2.45) is 0 Å². The lowest BCUT2D eigenvalue weighted by atomic mass is 10.1. The molecule has 9 heteroatoms. The van der Waals surface area contributed by atoms with Gasteiger partial charge in [-0.2, -0.15) is 13.2 Å². The van der Waals surface area contributed by atoms with Crippen LogP contribution in [0.5, 0.6) is 0 Å². The Morgan fingerprint density at radius 1 is 1.19 bits per heavy atom. The molecule has 1 aromatic rings. The summed E-state index contributed by atoms with van der Waals surface area (Å²) in [6, 6.07) is 2.57. The van der Waals surface area contributed by atoms with Gasteiger partial charge < -0.3 is 14.4 Å². The quantitative estimate of drug-likeness (QED) is 0.578. The van der Waals surface area contributed by atoms with Crippen LogP contribution in [0.1, 0.15) is 38.1 Å². The smallest absolute Gasteiger partial charge is 0.456 e. The summed E-state index contributed by atoms with van der Waals surface area (Å²) < 4.78 is 62.7. The van der Waals surface area contributed by atoms with Gasteiger partial charge in [0.25, 0.3) is 0 Å². The molecule has 1 amide bonds. The zero-order valence-corrected chi connectivity index (χ0v) is 15.1. The molecule has 0 aromatic heterocycles. The highest BCUT2D eigenvalue weighted by atomic mass is 19.4. The van der Waals surface area contributed by atoms with Crippen LogP contribution in [0.15, 0.2) is 18.2 Å². The fraction of sp³-hybridized carbons (Fsp3) is 0.529. The maximum Gasteiger partial charge on any atom is 0.471 e. The van der Waals surface area contributed by atoms with Gasteiger partial charge in [0.15, 0.2) is 0 Å². The summed E-state index contributed by atoms with van der Waals surface area (Å²) in [4.78, 5) is 24.5. The Morgan fingerprint density at radius 3 is 2.23 bits per heavy atom. The average molecular weight is 379 g/mol. The van der Waals surface area contributed by atoms with Crippen LogP contribution in [0.2, 0.25) is 0 Å². The normalized spacial score (nSPS) is 13.3. The number of ether oxygens (including phenoxy) is 2. The Kier molecular flexibility index (Phi) is 6.76. The Hall–Kier alpha value is -2.16. The highest BCUT2D eigenvalue weighted by Gasteiger charge is 2.44. The SMILES string of the molecule is CO[C@@H](C)CN(C(=O)C(F)(F)F)c1cc(F)ccc1C(=O)OC(C)(C)C. The van der Waals surface area contributed by atoms with Crippen molar-refractivity contribution in [3.63, 3.8) is 0 Å². The standard InChI is InChI=1S/C17H21F4NO4/c1-10(25-5)9-22(15(24)17(19,20)21)13-8-11(18)6-7-12(13)14(23)26-16(2,3)4/h6-8,10H,9H2,1-5H3/t10-/m0/s1. The predicted molar refractivity (Wildman–Crippen MR) is 86.4 cm³/mol. The minimum absolute atomic E-state index is 0.274. The summed E-state index contributed by atoms with van der Waals surface area (Å²) in [7, 11) is 1.25. The number of halogens is 4. The molecule has 5 nitrogen and oxygen atoms in total. The number of carbonyl (C=O) groups is 2. The molecule has 0 aliphatic heterocycles. The van der Waals surface area contributed by atoms with Crippen LogP contribution in [0, 0.1) is 5.82 Å². The van der Waals surface area contributed by atoms with E-state index in [2.05, 4.69) is 0 Å². The Bertz CT molecular complexity index is 668. The third-order valence-corrected chi connectivity index (χ3v) is 3.20. The van der Waals surface area contributed by atoms with Gasteiger partial charge in [0.1, 0.15) is 11.4 Å². The molecular weight excluding hydrogens is 358 g/mol. The molecule has 0 saturated heterocycles. The molecule has 0 radical (unpaired) electrons. The first-order chi connectivity index (χ1) is 11.8. The number of nitrogens with zero attached hydrogens (tertiary/aromatic N) is 1. The summed E-state index contributed by atoms with van der Waals surface area (Å²) in [5, 5.41) is 0. The van der Waals surface area contributed by atoms with E-state index in [1.165, 1.54) is 14.0 Å². The molecule has 0 aliphatic carbocycles. The van der Waals surface area contributed by atoms with Crippen molar-refractivity contribution >= 4 is 17.6 Å². The van der Waals surface area contributed by atoms with Crippen LogP contribution in [0.3, 0.4) is 0 Å². The van der Waals surface area contributed by atoms with Crippen molar-refractivity contribution in [1.29, 1.82) is 0 Å². The van der Waals surface area contributed by atoms with Crippen LogP contribution in [-0.2, 0) is 14.3 Å². The van der Waals surface area contributed by atoms with E-state index in [0.717, 1.165) is 12.1 Å². The molecule has 0 N–H and O–H groups in total. The van der Waals surface area contributed by atoms with Gasteiger partial charge in [-0.05, 0) is 45.9 Å². The van der Waals surface area contributed by atoms with Crippen molar-refractivity contribution in [1.82, 2.24) is 0 Å². The number of amides is 1. The highest BCUT2D eigenvalue weighted by molar-refractivity contribution is 6.04. The maximum atomic E-state index is 13.7. The first-order valence-corrected chi connectivity index (χ1v) is 7.70. The van der Waals surface area contributed by atoms with Gasteiger partial charge in [0.2, 0.25) is 0 Å². The van der Waals surface area contributed by atoms with E-state index in [9.17, 15) is 27.2 Å². The van der Waals surface area contributed by atoms with E-state index in [4.69, 9.17) is 9.47 Å². The minimum Gasteiger partial charge on any atom is -0.456 e. The third kappa shape index (κ3) is 5.98. The second-order valence-electron chi connectivity index (χ2n) is 6.62. The molecule has 1 aromatic carbocycles. The lowest BCUT2D eigenvalue weighted by molar-refractivity contribution is -0.170. The molecule has 0 saturated carbocycles. The lowest BCUT2D eigenvalue weighted by Crippen LogP contribution is -2.45. The van der Waals surface area contributed by atoms with Gasteiger partial charge in [0.05, 0.1) is 23.9 Å². The first kappa shape index (κ1) is 21.9. The van der Waals surface area contributed by atoms with E-state index >= 15 is 0 Å². The molecule has 0 fully saturated rings. The van der Waals surface area contributed by atoms with E-state index in [1.807, 2.05) is 0 Å². The number of rotatable bonds is 5. The van der Waals surface area contributed by atoms with Gasteiger partial charge in [-0.3, -0.25) is 4.79 Å². The maximum absolute atomic E-state index is 13.7.